The zero-order chi connectivity index (χ0) is 18.0. The van der Waals surface area contributed by atoms with Gasteiger partial charge >= 0.3 is 5.97 Å². The summed E-state index contributed by atoms with van der Waals surface area (Å²) in [5, 5.41) is 14.5. The Morgan fingerprint density at radius 2 is 1.92 bits per heavy atom. The molecule has 3 rings (SSSR count). The van der Waals surface area contributed by atoms with E-state index in [9.17, 15) is 14.9 Å². The van der Waals surface area contributed by atoms with Gasteiger partial charge in [0, 0.05) is 23.2 Å². The van der Waals surface area contributed by atoms with Crippen LogP contribution in [-0.4, -0.2) is 28.0 Å². The molecule has 0 fully saturated rings. The van der Waals surface area contributed by atoms with Gasteiger partial charge in [-0.2, -0.15) is 4.98 Å². The lowest BCUT2D eigenvalue weighted by Crippen LogP contribution is -2.02. The third kappa shape index (κ3) is 3.48. The second-order valence-electron chi connectivity index (χ2n) is 4.99. The molecule has 0 bridgehead atoms. The Labute approximate surface area is 146 Å². The van der Waals surface area contributed by atoms with Crippen molar-refractivity contribution in [1.29, 1.82) is 0 Å². The van der Waals surface area contributed by atoms with Crippen molar-refractivity contribution in [2.75, 3.05) is 12.4 Å². The average molecular weight is 359 g/mol. The van der Waals surface area contributed by atoms with E-state index in [1.807, 2.05) is 0 Å². The summed E-state index contributed by atoms with van der Waals surface area (Å²) >= 11 is 5.92. The number of nitro groups is 1. The molecule has 0 saturated heterocycles. The van der Waals surface area contributed by atoms with E-state index in [1.54, 1.807) is 24.3 Å². The number of nitro benzene ring substituents is 1. The Kier molecular flexibility index (Phi) is 4.44. The Bertz CT molecular complexity index is 976. The van der Waals surface area contributed by atoms with Gasteiger partial charge in [-0.25, -0.2) is 9.78 Å². The van der Waals surface area contributed by atoms with Crippen LogP contribution < -0.4 is 5.32 Å². The van der Waals surface area contributed by atoms with Crippen LogP contribution >= 0.6 is 11.6 Å². The Morgan fingerprint density at radius 3 is 2.56 bits per heavy atom. The molecule has 0 spiro atoms. The van der Waals surface area contributed by atoms with E-state index in [4.69, 9.17) is 11.6 Å². The van der Waals surface area contributed by atoms with Gasteiger partial charge in [0.15, 0.2) is 0 Å². The highest BCUT2D eigenvalue weighted by atomic mass is 35.5. The summed E-state index contributed by atoms with van der Waals surface area (Å²) in [5.74, 6) is -0.123. The lowest BCUT2D eigenvalue weighted by molar-refractivity contribution is -0.384. The molecule has 1 aromatic heterocycles. The highest BCUT2D eigenvalue weighted by molar-refractivity contribution is 6.28. The molecule has 126 valence electrons. The molecule has 3 aromatic rings. The lowest BCUT2D eigenvalue weighted by Gasteiger charge is -2.09. The smallest absolute Gasteiger partial charge is 0.337 e. The van der Waals surface area contributed by atoms with E-state index < -0.39 is 10.9 Å². The summed E-state index contributed by atoms with van der Waals surface area (Å²) in [5.41, 5.74) is 1.41. The molecule has 0 radical (unpaired) electrons. The molecule has 1 heterocycles. The number of nitrogens with one attached hydrogen (secondary N) is 1. The standard InChI is InChI=1S/C16H11ClN4O4/c1-25-15(22)9-2-4-10(5-3-9)18-14-12-8-11(21(23)24)6-7-13(12)19-16(17)20-14/h2-8H,1H3,(H,18,19,20). The van der Waals surface area contributed by atoms with E-state index in [2.05, 4.69) is 20.0 Å². The van der Waals surface area contributed by atoms with Crippen LogP contribution in [0.2, 0.25) is 5.28 Å². The molecule has 25 heavy (non-hydrogen) atoms. The minimum Gasteiger partial charge on any atom is -0.465 e. The molecule has 0 aliphatic heterocycles. The van der Waals surface area contributed by atoms with Crippen molar-refractivity contribution in [3.8, 4) is 0 Å². The molecule has 0 aliphatic rings. The van der Waals surface area contributed by atoms with Crippen LogP contribution in [0.3, 0.4) is 0 Å². The Hall–Kier alpha value is -3.26. The normalized spacial score (nSPS) is 10.5. The maximum absolute atomic E-state index is 11.5. The number of rotatable bonds is 4. The van der Waals surface area contributed by atoms with Crippen LogP contribution in [0.5, 0.6) is 0 Å². The van der Waals surface area contributed by atoms with Crippen LogP contribution in [0.25, 0.3) is 10.9 Å². The molecule has 2 aromatic carbocycles. The van der Waals surface area contributed by atoms with Crippen molar-refractivity contribution in [1.82, 2.24) is 9.97 Å². The Balaban J connectivity index is 2.01. The first-order chi connectivity index (χ1) is 12.0. The maximum atomic E-state index is 11.5. The summed E-state index contributed by atoms with van der Waals surface area (Å²) in [6, 6.07) is 10.7. The number of esters is 1. The second kappa shape index (κ2) is 6.70. The lowest BCUT2D eigenvalue weighted by atomic mass is 10.2. The molecule has 0 atom stereocenters. The van der Waals surface area contributed by atoms with Crippen LogP contribution in [0.4, 0.5) is 17.2 Å². The number of carbonyl (C=O) groups excluding carboxylic acids is 1. The SMILES string of the molecule is COC(=O)c1ccc(Nc2nc(Cl)nc3ccc([N+](=O)[O-])cc23)cc1. The molecular formula is C16H11ClN4O4. The molecular weight excluding hydrogens is 348 g/mol. The zero-order valence-electron chi connectivity index (χ0n) is 12.9. The highest BCUT2D eigenvalue weighted by Crippen LogP contribution is 2.28. The van der Waals surface area contributed by atoms with Crippen molar-refractivity contribution in [3.63, 3.8) is 0 Å². The van der Waals surface area contributed by atoms with Crippen LogP contribution in [0.1, 0.15) is 10.4 Å². The maximum Gasteiger partial charge on any atom is 0.337 e. The fraction of sp³-hybridized carbons (Fsp3) is 0.0625. The van der Waals surface area contributed by atoms with Crippen molar-refractivity contribution in [2.45, 2.75) is 0 Å². The van der Waals surface area contributed by atoms with Gasteiger partial charge in [-0.3, -0.25) is 10.1 Å². The molecule has 0 amide bonds. The number of aromatic nitrogens is 2. The van der Waals surface area contributed by atoms with Crippen molar-refractivity contribution in [2.24, 2.45) is 0 Å². The molecule has 8 nitrogen and oxygen atoms in total. The largest absolute Gasteiger partial charge is 0.465 e. The number of carbonyl (C=O) groups is 1. The number of benzene rings is 2. The molecule has 1 N–H and O–H groups in total. The summed E-state index contributed by atoms with van der Waals surface area (Å²) in [6.45, 7) is 0. The monoisotopic (exact) mass is 358 g/mol. The predicted molar refractivity (Wildman–Crippen MR) is 92.3 cm³/mol. The topological polar surface area (TPSA) is 107 Å². The number of hydrogen-bond donors (Lipinski definition) is 1. The molecule has 9 heteroatoms. The van der Waals surface area contributed by atoms with Gasteiger partial charge in [-0.1, -0.05) is 0 Å². The minimum absolute atomic E-state index is 0.00929. The van der Waals surface area contributed by atoms with Crippen LogP contribution in [-0.2, 0) is 4.74 Å². The highest BCUT2D eigenvalue weighted by Gasteiger charge is 2.13. The Morgan fingerprint density at radius 1 is 1.20 bits per heavy atom. The minimum atomic E-state index is -0.497. The first-order valence-electron chi connectivity index (χ1n) is 7.05. The van der Waals surface area contributed by atoms with E-state index in [-0.39, 0.29) is 11.0 Å². The average Bonchev–Trinajstić information content (AvgIpc) is 2.61. The number of fused-ring (bicyclic) bond motifs is 1. The zero-order valence-corrected chi connectivity index (χ0v) is 13.6. The van der Waals surface area contributed by atoms with Crippen molar-refractivity contribution in [3.05, 3.63) is 63.4 Å². The summed E-state index contributed by atoms with van der Waals surface area (Å²) in [7, 11) is 1.30. The number of methoxy groups -OCH3 is 1. The van der Waals surface area contributed by atoms with E-state index in [1.165, 1.54) is 25.3 Å². The quantitative estimate of drug-likeness (QED) is 0.327. The summed E-state index contributed by atoms with van der Waals surface area (Å²) < 4.78 is 4.64. The predicted octanol–water partition coefficient (Wildman–Crippen LogP) is 3.72. The van der Waals surface area contributed by atoms with Gasteiger partial charge in [0.25, 0.3) is 5.69 Å². The number of ether oxygens (including phenoxy) is 1. The first kappa shape index (κ1) is 16.6. The molecule has 0 unspecified atom stereocenters. The summed E-state index contributed by atoms with van der Waals surface area (Å²) in [6.07, 6.45) is 0. The second-order valence-corrected chi connectivity index (χ2v) is 5.33. The van der Waals surface area contributed by atoms with E-state index >= 15 is 0 Å². The van der Waals surface area contributed by atoms with Gasteiger partial charge in [0.2, 0.25) is 5.28 Å². The molecule has 0 saturated carbocycles. The van der Waals surface area contributed by atoms with E-state index in [0.717, 1.165) is 0 Å². The van der Waals surface area contributed by atoms with Gasteiger partial charge in [-0.15, -0.1) is 0 Å². The number of hydrogen-bond acceptors (Lipinski definition) is 7. The third-order valence-corrected chi connectivity index (χ3v) is 3.60. The first-order valence-corrected chi connectivity index (χ1v) is 7.43. The summed E-state index contributed by atoms with van der Waals surface area (Å²) in [4.78, 5) is 30.1. The van der Waals surface area contributed by atoms with Crippen molar-refractivity contribution >= 4 is 45.7 Å². The van der Waals surface area contributed by atoms with Gasteiger partial charge < -0.3 is 10.1 Å². The van der Waals surface area contributed by atoms with Crippen LogP contribution in [0, 0.1) is 10.1 Å². The van der Waals surface area contributed by atoms with Gasteiger partial charge in [0.1, 0.15) is 5.82 Å². The van der Waals surface area contributed by atoms with E-state index in [0.29, 0.717) is 28.0 Å². The van der Waals surface area contributed by atoms with Gasteiger partial charge in [-0.05, 0) is 41.9 Å². The number of non-ortho nitro benzene ring substituents is 1. The van der Waals surface area contributed by atoms with Crippen LogP contribution in [0.15, 0.2) is 42.5 Å². The fourth-order valence-corrected chi connectivity index (χ4v) is 2.42. The third-order valence-electron chi connectivity index (χ3n) is 3.43. The number of anilines is 2. The van der Waals surface area contributed by atoms with Crippen molar-refractivity contribution < 1.29 is 14.5 Å². The van der Waals surface area contributed by atoms with Gasteiger partial charge in [0.05, 0.1) is 23.1 Å². The number of nitrogens with zero attached hydrogens (tertiary/aromatic N) is 3. The fourth-order valence-electron chi connectivity index (χ4n) is 2.24. The molecule has 0 aliphatic carbocycles. The number of halogens is 1.